The Hall–Kier alpha value is -3.86. The average Bonchev–Trinajstić information content (AvgIpc) is 2.86. The van der Waals surface area contributed by atoms with Crippen molar-refractivity contribution in [1.82, 2.24) is 0 Å². The number of allylic oxidation sites excluding steroid dienone is 1. The van der Waals surface area contributed by atoms with Crippen molar-refractivity contribution >= 4 is 21.4 Å². The minimum Gasteiger partial charge on any atom is -0.493 e. The minimum atomic E-state index is -5.56. The number of benzene rings is 3. The van der Waals surface area contributed by atoms with E-state index in [0.29, 0.717) is 42.0 Å². The molecule has 0 aliphatic carbocycles. The molecule has 3 N–H and O–H groups in total. The van der Waals surface area contributed by atoms with Gasteiger partial charge in [0.2, 0.25) is 0 Å². The zero-order valence-corrected chi connectivity index (χ0v) is 19.7. The lowest BCUT2D eigenvalue weighted by molar-refractivity contribution is -0.0429. The molecule has 0 radical (unpaired) electrons. The van der Waals surface area contributed by atoms with Crippen LogP contribution in [-0.4, -0.2) is 20.5 Å². The molecule has 1 atom stereocenters. The Morgan fingerprint density at radius 2 is 1.81 bits per heavy atom. The predicted octanol–water partition coefficient (Wildman–Crippen LogP) is 6.54. The van der Waals surface area contributed by atoms with E-state index in [1.54, 1.807) is 29.1 Å². The summed E-state index contributed by atoms with van der Waals surface area (Å²) in [6.07, 6.45) is 2.88. The number of ether oxygens (including phenoxy) is 1. The minimum absolute atomic E-state index is 0.0761. The molecule has 3 aromatic rings. The number of anilines is 2. The number of hydrogen-bond acceptors (Lipinski definition) is 6. The Labute approximate surface area is 206 Å². The van der Waals surface area contributed by atoms with Gasteiger partial charge in [-0.05, 0) is 48.2 Å². The van der Waals surface area contributed by atoms with Gasteiger partial charge in [-0.25, -0.2) is 5.53 Å². The molecule has 1 aliphatic rings. The molecular weight excluding hydrogens is 493 g/mol. The summed E-state index contributed by atoms with van der Waals surface area (Å²) in [5.41, 5.74) is 5.05. The number of hydrogen-bond donors (Lipinski definition) is 3. The molecule has 0 bridgehead atoms. The summed E-state index contributed by atoms with van der Waals surface area (Å²) >= 11 is 0. The summed E-state index contributed by atoms with van der Waals surface area (Å²) in [6, 6.07) is 20.6. The van der Waals surface area contributed by atoms with Crippen molar-refractivity contribution < 1.29 is 26.3 Å². The molecule has 0 saturated heterocycles. The zero-order valence-electron chi connectivity index (χ0n) is 18.9. The number of halogens is 3. The maximum atomic E-state index is 12.9. The van der Waals surface area contributed by atoms with Crippen LogP contribution in [0.3, 0.4) is 0 Å². The smallest absolute Gasteiger partial charge is 0.493 e. The highest BCUT2D eigenvalue weighted by molar-refractivity contribution is 7.93. The fourth-order valence-electron chi connectivity index (χ4n) is 3.89. The molecule has 0 aromatic heterocycles. The van der Waals surface area contributed by atoms with Crippen LogP contribution in [0.1, 0.15) is 12.0 Å². The second-order valence-corrected chi connectivity index (χ2v) is 9.94. The molecule has 1 aliphatic heterocycles. The number of fused-ring (bicyclic) bond motifs is 1. The van der Waals surface area contributed by atoms with Crippen molar-refractivity contribution in [3.63, 3.8) is 0 Å². The highest BCUT2D eigenvalue weighted by Gasteiger charge is 2.46. The third-order valence-electron chi connectivity index (χ3n) is 5.66. The van der Waals surface area contributed by atoms with Crippen LogP contribution in [0.2, 0.25) is 0 Å². The third-order valence-corrected chi connectivity index (χ3v) is 6.76. The molecule has 0 fully saturated rings. The van der Waals surface area contributed by atoms with E-state index in [1.165, 1.54) is 18.2 Å². The maximum Gasteiger partial charge on any atom is 0.516 e. The average molecular weight is 517 g/mol. The molecular formula is C25H23F3N4O3S. The standard InChI is InChI=1S/C25H23F3N4O3S/c26-25(27,28)36(33,34)32-23-9-5-4-8-22(23)18-10-11-19-12-17(16-35-24(19)14-18)13-21(31-29)15-30-20-6-2-1-3-7-20/h1-11,14-15,17,29-30,32H,12-13,16H2/b21-15-,31-29?/t17-/m0/s1. The van der Waals surface area contributed by atoms with E-state index in [0.717, 1.165) is 11.3 Å². The monoisotopic (exact) mass is 516 g/mol. The summed E-state index contributed by atoms with van der Waals surface area (Å²) in [4.78, 5) is 0. The summed E-state index contributed by atoms with van der Waals surface area (Å²) in [6.45, 7) is 0.372. The fourth-order valence-corrected chi connectivity index (χ4v) is 4.48. The molecule has 7 nitrogen and oxygen atoms in total. The fraction of sp³-hybridized carbons (Fsp3) is 0.200. The lowest BCUT2D eigenvalue weighted by Gasteiger charge is -2.26. The first-order valence-electron chi connectivity index (χ1n) is 11.0. The second-order valence-electron chi connectivity index (χ2n) is 8.26. The molecule has 0 unspecified atom stereocenters. The van der Waals surface area contributed by atoms with Crippen LogP contribution in [0.4, 0.5) is 24.5 Å². The summed E-state index contributed by atoms with van der Waals surface area (Å²) in [5, 5.41) is 6.74. The van der Waals surface area contributed by atoms with Crippen LogP contribution in [0.15, 0.2) is 89.8 Å². The molecule has 0 amide bonds. The van der Waals surface area contributed by atoms with Gasteiger partial charge in [-0.2, -0.15) is 26.7 Å². The van der Waals surface area contributed by atoms with E-state index in [1.807, 2.05) is 36.4 Å². The van der Waals surface area contributed by atoms with Crippen LogP contribution in [0.5, 0.6) is 5.75 Å². The van der Waals surface area contributed by atoms with E-state index in [4.69, 9.17) is 10.3 Å². The molecule has 3 aromatic carbocycles. The van der Waals surface area contributed by atoms with Gasteiger partial charge in [-0.15, -0.1) is 0 Å². The third kappa shape index (κ3) is 5.85. The zero-order chi connectivity index (χ0) is 25.8. The largest absolute Gasteiger partial charge is 0.516 e. The van der Waals surface area contributed by atoms with Crippen LogP contribution in [0, 0.1) is 11.4 Å². The Bertz CT molecular complexity index is 1380. The maximum absolute atomic E-state index is 12.9. The molecule has 11 heteroatoms. The Balaban J connectivity index is 1.49. The summed E-state index contributed by atoms with van der Waals surface area (Å²) in [5.74, 6) is 0.653. The number of nitrogens with one attached hydrogen (secondary N) is 3. The number of para-hydroxylation sites is 2. The Morgan fingerprint density at radius 1 is 1.08 bits per heavy atom. The van der Waals surface area contributed by atoms with Gasteiger partial charge in [0, 0.05) is 23.4 Å². The molecule has 188 valence electrons. The molecule has 4 rings (SSSR count). The number of alkyl halides is 3. The van der Waals surface area contributed by atoms with E-state index >= 15 is 0 Å². The van der Waals surface area contributed by atoms with Gasteiger partial charge in [-0.3, -0.25) is 4.72 Å². The van der Waals surface area contributed by atoms with Crippen molar-refractivity contribution in [3.8, 4) is 16.9 Å². The normalized spacial score (nSPS) is 16.0. The number of nitrogens with zero attached hydrogens (tertiary/aromatic N) is 1. The summed E-state index contributed by atoms with van der Waals surface area (Å²) in [7, 11) is -5.56. The molecule has 0 saturated carbocycles. The predicted molar refractivity (Wildman–Crippen MR) is 131 cm³/mol. The second kappa shape index (κ2) is 10.4. The van der Waals surface area contributed by atoms with Crippen molar-refractivity contribution in [2.75, 3.05) is 16.6 Å². The van der Waals surface area contributed by atoms with Gasteiger partial charge in [0.25, 0.3) is 0 Å². The van der Waals surface area contributed by atoms with Gasteiger partial charge in [0.15, 0.2) is 0 Å². The Morgan fingerprint density at radius 3 is 2.53 bits per heavy atom. The number of rotatable bonds is 8. The molecule has 1 heterocycles. The van der Waals surface area contributed by atoms with Gasteiger partial charge in [0.05, 0.1) is 18.0 Å². The molecule has 36 heavy (non-hydrogen) atoms. The first-order valence-corrected chi connectivity index (χ1v) is 12.5. The lowest BCUT2D eigenvalue weighted by Crippen LogP contribution is -2.30. The quantitative estimate of drug-likeness (QED) is 0.296. The Kier molecular flexibility index (Phi) is 7.30. The van der Waals surface area contributed by atoms with Gasteiger partial charge in [0.1, 0.15) is 5.75 Å². The first-order chi connectivity index (χ1) is 17.2. The summed E-state index contributed by atoms with van der Waals surface area (Å²) < 4.78 is 69.4. The van der Waals surface area contributed by atoms with Gasteiger partial charge in [-0.1, -0.05) is 48.5 Å². The lowest BCUT2D eigenvalue weighted by atomic mass is 9.91. The van der Waals surface area contributed by atoms with Crippen LogP contribution < -0.4 is 14.8 Å². The van der Waals surface area contributed by atoms with Crippen molar-refractivity contribution in [2.24, 2.45) is 11.0 Å². The van der Waals surface area contributed by atoms with Crippen LogP contribution in [-0.2, 0) is 16.4 Å². The van der Waals surface area contributed by atoms with E-state index in [9.17, 15) is 21.6 Å². The highest BCUT2D eigenvalue weighted by Crippen LogP contribution is 2.37. The number of sulfonamides is 1. The van der Waals surface area contributed by atoms with E-state index in [2.05, 4.69) is 10.4 Å². The highest BCUT2D eigenvalue weighted by atomic mass is 32.2. The molecule has 0 spiro atoms. The SMILES string of the molecule is N=N/C(=C\Nc1ccccc1)C[C@H]1COc2cc(-c3ccccc3NS(=O)(=O)C(F)(F)F)ccc2C1. The van der Waals surface area contributed by atoms with Crippen LogP contribution >= 0.6 is 0 Å². The van der Waals surface area contributed by atoms with E-state index < -0.39 is 15.5 Å². The topological polar surface area (TPSA) is 104 Å². The van der Waals surface area contributed by atoms with Gasteiger partial charge >= 0.3 is 15.5 Å². The van der Waals surface area contributed by atoms with Gasteiger partial charge < -0.3 is 10.1 Å². The van der Waals surface area contributed by atoms with Crippen molar-refractivity contribution in [3.05, 3.63) is 90.3 Å². The first kappa shape index (κ1) is 25.2. The van der Waals surface area contributed by atoms with E-state index in [-0.39, 0.29) is 11.6 Å². The van der Waals surface area contributed by atoms with Crippen LogP contribution in [0.25, 0.3) is 11.1 Å². The van der Waals surface area contributed by atoms with Crippen molar-refractivity contribution in [2.45, 2.75) is 18.3 Å². The van der Waals surface area contributed by atoms with Crippen molar-refractivity contribution in [1.29, 1.82) is 5.53 Å².